The Bertz CT molecular complexity index is 1040. The quantitative estimate of drug-likeness (QED) is 0.646. The first kappa shape index (κ1) is 21.9. The molecule has 1 saturated heterocycles. The van der Waals surface area contributed by atoms with Crippen LogP contribution in [0.15, 0.2) is 58.3 Å². The highest BCUT2D eigenvalue weighted by Gasteiger charge is 2.39. The van der Waals surface area contributed by atoms with Crippen molar-refractivity contribution in [2.24, 2.45) is 0 Å². The minimum Gasteiger partial charge on any atom is -0.368 e. The van der Waals surface area contributed by atoms with Crippen molar-refractivity contribution in [2.75, 3.05) is 6.61 Å². The van der Waals surface area contributed by atoms with E-state index in [0.29, 0.717) is 0 Å². The van der Waals surface area contributed by atoms with Crippen LogP contribution in [0.5, 0.6) is 0 Å². The number of ether oxygens (including phenoxy) is 1. The Kier molecular flexibility index (Phi) is 6.42. The normalized spacial score (nSPS) is 22.7. The first-order valence-electron chi connectivity index (χ1n) is 8.86. The summed E-state index contributed by atoms with van der Waals surface area (Å²) >= 11 is 0. The van der Waals surface area contributed by atoms with E-state index in [4.69, 9.17) is 13.1 Å². The lowest BCUT2D eigenvalue weighted by atomic mass is 10.2. The average molecular weight is 443 g/mol. The standard InChI is InChI=1S/C19H22O8S2/c1-13-3-7-15(8-4-13)28(21,22)25-12-18-17(11-19(20)26-18)27-29(23,24)16-9-5-14(2)6-10-16/h3-10,17-20H,11-12H2,1-2H3/t17-,18-,19+/m0/s1. The molecule has 3 rings (SSSR count). The smallest absolute Gasteiger partial charge is 0.297 e. The molecule has 0 radical (unpaired) electrons. The highest BCUT2D eigenvalue weighted by Crippen LogP contribution is 2.27. The monoisotopic (exact) mass is 442 g/mol. The molecule has 0 aromatic heterocycles. The lowest BCUT2D eigenvalue weighted by Gasteiger charge is -2.18. The molecule has 10 heteroatoms. The van der Waals surface area contributed by atoms with Crippen molar-refractivity contribution < 1.29 is 35.0 Å². The SMILES string of the molecule is Cc1ccc(S(=O)(=O)OC[C@@H]2O[C@@H](O)C[C@@H]2OS(=O)(=O)c2ccc(C)cc2)cc1. The van der Waals surface area contributed by atoms with Crippen LogP contribution in [0.1, 0.15) is 17.5 Å². The zero-order valence-electron chi connectivity index (χ0n) is 15.9. The Morgan fingerprint density at radius 3 is 1.90 bits per heavy atom. The molecule has 1 aliphatic rings. The molecule has 1 heterocycles. The Morgan fingerprint density at radius 1 is 0.897 bits per heavy atom. The maximum Gasteiger partial charge on any atom is 0.297 e. The number of rotatable bonds is 7. The molecular weight excluding hydrogens is 420 g/mol. The zero-order valence-corrected chi connectivity index (χ0v) is 17.5. The molecule has 0 amide bonds. The van der Waals surface area contributed by atoms with E-state index in [9.17, 15) is 21.9 Å². The van der Waals surface area contributed by atoms with Crippen LogP contribution in [-0.4, -0.2) is 47.0 Å². The van der Waals surface area contributed by atoms with Gasteiger partial charge in [0.15, 0.2) is 6.29 Å². The number of benzene rings is 2. The highest BCUT2D eigenvalue weighted by molar-refractivity contribution is 7.87. The van der Waals surface area contributed by atoms with Gasteiger partial charge in [-0.1, -0.05) is 35.4 Å². The highest BCUT2D eigenvalue weighted by atomic mass is 32.2. The maximum absolute atomic E-state index is 12.5. The second kappa shape index (κ2) is 8.50. The predicted octanol–water partition coefficient (Wildman–Crippen LogP) is 1.89. The summed E-state index contributed by atoms with van der Waals surface area (Å²) < 4.78 is 65.1. The van der Waals surface area contributed by atoms with E-state index in [1.807, 2.05) is 13.8 Å². The molecule has 0 saturated carbocycles. The third kappa shape index (κ3) is 5.41. The summed E-state index contributed by atoms with van der Waals surface area (Å²) in [5.41, 5.74) is 1.78. The maximum atomic E-state index is 12.5. The number of hydrogen-bond donors (Lipinski definition) is 1. The first-order valence-corrected chi connectivity index (χ1v) is 11.7. The van der Waals surface area contributed by atoms with Crippen molar-refractivity contribution >= 4 is 20.2 Å². The molecule has 0 bridgehead atoms. The van der Waals surface area contributed by atoms with Crippen LogP contribution >= 0.6 is 0 Å². The van der Waals surface area contributed by atoms with Crippen molar-refractivity contribution in [1.29, 1.82) is 0 Å². The molecule has 29 heavy (non-hydrogen) atoms. The third-order valence-electron chi connectivity index (χ3n) is 4.44. The Morgan fingerprint density at radius 2 is 1.38 bits per heavy atom. The van der Waals surface area contributed by atoms with E-state index in [1.165, 1.54) is 24.3 Å². The van der Waals surface area contributed by atoms with E-state index < -0.39 is 45.3 Å². The van der Waals surface area contributed by atoms with Gasteiger partial charge in [-0.15, -0.1) is 0 Å². The van der Waals surface area contributed by atoms with Crippen LogP contribution in [0.2, 0.25) is 0 Å². The van der Waals surface area contributed by atoms with E-state index >= 15 is 0 Å². The third-order valence-corrected chi connectivity index (χ3v) is 7.08. The van der Waals surface area contributed by atoms with Crippen molar-refractivity contribution in [3.05, 3.63) is 59.7 Å². The van der Waals surface area contributed by atoms with Gasteiger partial charge in [0.1, 0.15) is 12.2 Å². The number of hydrogen-bond acceptors (Lipinski definition) is 8. The lowest BCUT2D eigenvalue weighted by molar-refractivity contribution is -0.103. The van der Waals surface area contributed by atoms with Crippen LogP contribution in [-0.2, 0) is 33.3 Å². The van der Waals surface area contributed by atoms with Gasteiger partial charge in [-0.05, 0) is 38.1 Å². The van der Waals surface area contributed by atoms with E-state index in [-0.39, 0.29) is 16.2 Å². The van der Waals surface area contributed by atoms with Gasteiger partial charge in [0.25, 0.3) is 20.2 Å². The number of aliphatic hydroxyl groups excluding tert-OH is 1. The van der Waals surface area contributed by atoms with E-state index in [1.54, 1.807) is 24.3 Å². The molecule has 1 aliphatic heterocycles. The van der Waals surface area contributed by atoms with Gasteiger partial charge in [-0.3, -0.25) is 8.37 Å². The molecule has 3 atom stereocenters. The van der Waals surface area contributed by atoms with Crippen LogP contribution in [0.3, 0.4) is 0 Å². The summed E-state index contributed by atoms with van der Waals surface area (Å²) in [6, 6.07) is 12.2. The van der Waals surface area contributed by atoms with Gasteiger partial charge in [0.2, 0.25) is 0 Å². The van der Waals surface area contributed by atoms with Crippen molar-refractivity contribution in [2.45, 2.75) is 48.6 Å². The largest absolute Gasteiger partial charge is 0.368 e. The van der Waals surface area contributed by atoms with Gasteiger partial charge in [0.05, 0.1) is 16.4 Å². The summed E-state index contributed by atoms with van der Waals surface area (Å²) in [5.74, 6) is 0. The molecular formula is C19H22O8S2. The molecule has 2 aromatic carbocycles. The summed E-state index contributed by atoms with van der Waals surface area (Å²) in [7, 11) is -8.20. The lowest BCUT2D eigenvalue weighted by Crippen LogP contribution is -2.32. The fourth-order valence-electron chi connectivity index (χ4n) is 2.80. The van der Waals surface area contributed by atoms with Crippen LogP contribution < -0.4 is 0 Å². The Labute approximate surface area is 170 Å². The number of aliphatic hydroxyl groups is 1. The van der Waals surface area contributed by atoms with Gasteiger partial charge >= 0.3 is 0 Å². The summed E-state index contributed by atoms with van der Waals surface area (Å²) in [6.07, 6.45) is -3.59. The van der Waals surface area contributed by atoms with Gasteiger partial charge < -0.3 is 9.84 Å². The zero-order chi connectivity index (χ0) is 21.2. The van der Waals surface area contributed by atoms with Crippen molar-refractivity contribution in [1.82, 2.24) is 0 Å². The van der Waals surface area contributed by atoms with E-state index in [0.717, 1.165) is 11.1 Å². The van der Waals surface area contributed by atoms with E-state index in [2.05, 4.69) is 0 Å². The van der Waals surface area contributed by atoms with Crippen LogP contribution in [0, 0.1) is 13.8 Å². The fourth-order valence-corrected chi connectivity index (χ4v) is 4.82. The summed E-state index contributed by atoms with van der Waals surface area (Å²) in [6.45, 7) is 3.14. The van der Waals surface area contributed by atoms with Gasteiger partial charge in [0, 0.05) is 6.42 Å². The number of aryl methyl sites for hydroxylation is 2. The van der Waals surface area contributed by atoms with Gasteiger partial charge in [-0.25, -0.2) is 0 Å². The topological polar surface area (TPSA) is 116 Å². The van der Waals surface area contributed by atoms with Crippen molar-refractivity contribution in [3.63, 3.8) is 0 Å². The Hall–Kier alpha value is -1.82. The first-order chi connectivity index (χ1) is 13.6. The molecule has 0 spiro atoms. The van der Waals surface area contributed by atoms with Crippen LogP contribution in [0.25, 0.3) is 0 Å². The minimum atomic E-state index is -4.12. The minimum absolute atomic E-state index is 0.0357. The predicted molar refractivity (Wildman–Crippen MR) is 103 cm³/mol. The molecule has 1 N–H and O–H groups in total. The second-order valence-electron chi connectivity index (χ2n) is 6.82. The molecule has 0 aliphatic carbocycles. The molecule has 0 unspecified atom stereocenters. The summed E-state index contributed by atoms with van der Waals surface area (Å²) in [5, 5.41) is 9.75. The van der Waals surface area contributed by atoms with Gasteiger partial charge in [-0.2, -0.15) is 16.8 Å². The molecule has 8 nitrogen and oxygen atoms in total. The van der Waals surface area contributed by atoms with Crippen molar-refractivity contribution in [3.8, 4) is 0 Å². The van der Waals surface area contributed by atoms with Crippen LogP contribution in [0.4, 0.5) is 0 Å². The summed E-state index contributed by atoms with van der Waals surface area (Å²) in [4.78, 5) is -0.0807. The fraction of sp³-hybridized carbons (Fsp3) is 0.368. The second-order valence-corrected chi connectivity index (χ2v) is 10.0. The average Bonchev–Trinajstić information content (AvgIpc) is 2.99. The molecule has 158 valence electrons. The Balaban J connectivity index is 1.70. The molecule has 1 fully saturated rings. The molecule has 2 aromatic rings.